The van der Waals surface area contributed by atoms with Crippen LogP contribution in [-0.4, -0.2) is 42.5 Å². The quantitative estimate of drug-likeness (QED) is 0.631. The topological polar surface area (TPSA) is 70.7 Å². The number of hydrogen-bond donors (Lipinski definition) is 2. The summed E-state index contributed by atoms with van der Waals surface area (Å²) in [7, 11) is 3.34. The summed E-state index contributed by atoms with van der Waals surface area (Å²) in [5.74, 6) is -0.0886. The molecule has 8 heteroatoms. The van der Waals surface area contributed by atoms with Gasteiger partial charge in [0.05, 0.1) is 23.4 Å². The van der Waals surface area contributed by atoms with Gasteiger partial charge in [-0.05, 0) is 49.0 Å². The van der Waals surface area contributed by atoms with Crippen molar-refractivity contribution in [1.82, 2.24) is 10.2 Å². The van der Waals surface area contributed by atoms with Crippen LogP contribution in [0.3, 0.4) is 0 Å². The van der Waals surface area contributed by atoms with Crippen molar-refractivity contribution in [3.63, 3.8) is 0 Å². The van der Waals surface area contributed by atoms with Crippen molar-refractivity contribution in [2.24, 2.45) is 0 Å². The first kappa shape index (κ1) is 21.8. The third kappa shape index (κ3) is 5.77. The van der Waals surface area contributed by atoms with Crippen LogP contribution < -0.4 is 15.4 Å². The molecular formula is C20H22BrN3O3S. The monoisotopic (exact) mass is 463 g/mol. The number of hydrogen-bond acceptors (Lipinski definition) is 4. The van der Waals surface area contributed by atoms with Gasteiger partial charge in [0, 0.05) is 18.6 Å². The van der Waals surface area contributed by atoms with E-state index in [2.05, 4.69) is 26.6 Å². The second-order valence-corrected chi connectivity index (χ2v) is 7.47. The van der Waals surface area contributed by atoms with Gasteiger partial charge in [-0.15, -0.1) is 0 Å². The van der Waals surface area contributed by atoms with Crippen molar-refractivity contribution < 1.29 is 14.3 Å². The number of anilines is 1. The number of benzene rings is 2. The van der Waals surface area contributed by atoms with Crippen molar-refractivity contribution in [2.45, 2.75) is 13.3 Å². The molecule has 0 fully saturated rings. The lowest BCUT2D eigenvalue weighted by Gasteiger charge is -2.16. The van der Waals surface area contributed by atoms with Crippen LogP contribution in [0.4, 0.5) is 5.69 Å². The van der Waals surface area contributed by atoms with Crippen molar-refractivity contribution >= 4 is 50.8 Å². The van der Waals surface area contributed by atoms with E-state index in [-0.39, 0.29) is 11.0 Å². The minimum absolute atomic E-state index is 0.0884. The molecule has 2 aromatic rings. The fraction of sp³-hybridized carbons (Fsp3) is 0.250. The molecule has 0 aliphatic heterocycles. The molecule has 2 rings (SSSR count). The molecule has 0 aromatic heterocycles. The Morgan fingerprint density at radius 1 is 1.14 bits per heavy atom. The van der Waals surface area contributed by atoms with E-state index in [0.717, 1.165) is 10.9 Å². The summed E-state index contributed by atoms with van der Waals surface area (Å²) in [6, 6.07) is 12.2. The van der Waals surface area contributed by atoms with Crippen molar-refractivity contribution in [3.05, 3.63) is 58.1 Å². The maximum Gasteiger partial charge on any atom is 0.261 e. The van der Waals surface area contributed by atoms with E-state index < -0.39 is 5.91 Å². The summed E-state index contributed by atoms with van der Waals surface area (Å²) in [5, 5.41) is 5.65. The van der Waals surface area contributed by atoms with Gasteiger partial charge in [0.1, 0.15) is 5.75 Å². The molecule has 0 aliphatic carbocycles. The molecule has 2 amide bonds. The molecule has 0 radical (unpaired) electrons. The highest BCUT2D eigenvalue weighted by molar-refractivity contribution is 9.10. The van der Waals surface area contributed by atoms with Gasteiger partial charge in [0.25, 0.3) is 11.8 Å². The SMILES string of the molecule is CCCOc1ccc(Br)cc1C(=O)NC(=S)Nc1ccccc1C(=O)N(C)C. The molecule has 0 atom stereocenters. The minimum Gasteiger partial charge on any atom is -0.493 e. The first-order chi connectivity index (χ1) is 13.3. The Morgan fingerprint density at radius 2 is 1.86 bits per heavy atom. The number of nitrogens with zero attached hydrogens (tertiary/aromatic N) is 1. The van der Waals surface area contributed by atoms with Crippen LogP contribution in [0.15, 0.2) is 46.9 Å². The number of rotatable bonds is 6. The van der Waals surface area contributed by atoms with Gasteiger partial charge < -0.3 is 15.0 Å². The van der Waals surface area contributed by atoms with Crippen LogP contribution in [0.25, 0.3) is 0 Å². The molecule has 0 spiro atoms. The standard InChI is InChI=1S/C20H22BrN3O3S/c1-4-11-27-17-10-9-13(21)12-15(17)18(25)23-20(28)22-16-8-6-5-7-14(16)19(26)24(2)3/h5-10,12H,4,11H2,1-3H3,(H2,22,23,25,28). The molecule has 2 N–H and O–H groups in total. The van der Waals surface area contributed by atoms with Gasteiger partial charge in [0.15, 0.2) is 5.11 Å². The van der Waals surface area contributed by atoms with Gasteiger partial charge in [0.2, 0.25) is 0 Å². The zero-order valence-electron chi connectivity index (χ0n) is 15.9. The number of thiocarbonyl (C=S) groups is 1. The van der Waals surface area contributed by atoms with E-state index >= 15 is 0 Å². The maximum absolute atomic E-state index is 12.7. The first-order valence-electron chi connectivity index (χ1n) is 8.68. The van der Waals surface area contributed by atoms with Crippen LogP contribution in [0.1, 0.15) is 34.1 Å². The molecule has 0 saturated heterocycles. The number of carbonyl (C=O) groups excluding carboxylic acids is 2. The number of nitrogens with one attached hydrogen (secondary N) is 2. The lowest BCUT2D eigenvalue weighted by molar-refractivity contribution is 0.0828. The Bertz CT molecular complexity index is 887. The van der Waals surface area contributed by atoms with E-state index in [4.69, 9.17) is 17.0 Å². The van der Waals surface area contributed by atoms with Gasteiger partial charge in [-0.25, -0.2) is 0 Å². The van der Waals surface area contributed by atoms with Crippen molar-refractivity contribution in [3.8, 4) is 5.75 Å². The molecule has 0 unspecified atom stereocenters. The van der Waals surface area contributed by atoms with Gasteiger partial charge in [-0.1, -0.05) is 35.0 Å². The third-order valence-electron chi connectivity index (χ3n) is 3.69. The third-order valence-corrected chi connectivity index (χ3v) is 4.38. The molecule has 0 bridgehead atoms. The molecule has 148 valence electrons. The molecule has 6 nitrogen and oxygen atoms in total. The van der Waals surface area contributed by atoms with E-state index in [1.165, 1.54) is 4.90 Å². The summed E-state index contributed by atoms with van der Waals surface area (Å²) in [4.78, 5) is 26.5. The van der Waals surface area contributed by atoms with Crippen LogP contribution in [0, 0.1) is 0 Å². The van der Waals surface area contributed by atoms with E-state index in [9.17, 15) is 9.59 Å². The second kappa shape index (κ2) is 10.2. The molecule has 0 heterocycles. The average Bonchev–Trinajstić information content (AvgIpc) is 2.66. The number of carbonyl (C=O) groups is 2. The Kier molecular flexibility index (Phi) is 7.95. The van der Waals surface area contributed by atoms with Gasteiger partial charge in [-0.2, -0.15) is 0 Å². The fourth-order valence-electron chi connectivity index (χ4n) is 2.36. The number of para-hydroxylation sites is 1. The van der Waals surface area contributed by atoms with E-state index in [1.54, 1.807) is 56.6 Å². The van der Waals surface area contributed by atoms with E-state index in [0.29, 0.717) is 29.2 Å². The largest absolute Gasteiger partial charge is 0.493 e. The van der Waals surface area contributed by atoms with Gasteiger partial charge >= 0.3 is 0 Å². The van der Waals surface area contributed by atoms with Crippen LogP contribution in [0.2, 0.25) is 0 Å². The number of halogens is 1. The second-order valence-electron chi connectivity index (χ2n) is 6.14. The molecular weight excluding hydrogens is 442 g/mol. The number of amides is 2. The highest BCUT2D eigenvalue weighted by Crippen LogP contribution is 2.24. The normalized spacial score (nSPS) is 10.1. The summed E-state index contributed by atoms with van der Waals surface area (Å²) in [5.41, 5.74) is 1.34. The van der Waals surface area contributed by atoms with Crippen molar-refractivity contribution in [2.75, 3.05) is 26.0 Å². The van der Waals surface area contributed by atoms with Crippen LogP contribution in [-0.2, 0) is 0 Å². The highest BCUT2D eigenvalue weighted by atomic mass is 79.9. The zero-order valence-corrected chi connectivity index (χ0v) is 18.3. The molecule has 0 aliphatic rings. The smallest absolute Gasteiger partial charge is 0.261 e. The Hall–Kier alpha value is -2.45. The molecule has 2 aromatic carbocycles. The van der Waals surface area contributed by atoms with E-state index in [1.807, 2.05) is 6.92 Å². The number of ether oxygens (including phenoxy) is 1. The summed E-state index contributed by atoms with van der Waals surface area (Å²) >= 11 is 8.63. The Balaban J connectivity index is 2.16. The summed E-state index contributed by atoms with van der Waals surface area (Å²) in [6.07, 6.45) is 0.827. The lowest BCUT2D eigenvalue weighted by Crippen LogP contribution is -2.35. The maximum atomic E-state index is 12.7. The van der Waals surface area contributed by atoms with Gasteiger partial charge in [-0.3, -0.25) is 14.9 Å². The lowest BCUT2D eigenvalue weighted by atomic mass is 10.1. The highest BCUT2D eigenvalue weighted by Gasteiger charge is 2.17. The predicted molar refractivity (Wildman–Crippen MR) is 118 cm³/mol. The fourth-order valence-corrected chi connectivity index (χ4v) is 2.92. The van der Waals surface area contributed by atoms with Crippen LogP contribution >= 0.6 is 28.1 Å². The summed E-state index contributed by atoms with van der Waals surface area (Å²) in [6.45, 7) is 2.49. The Labute approximate surface area is 178 Å². The Morgan fingerprint density at radius 3 is 2.54 bits per heavy atom. The average molecular weight is 464 g/mol. The van der Waals surface area contributed by atoms with Crippen molar-refractivity contribution in [1.29, 1.82) is 0 Å². The zero-order chi connectivity index (χ0) is 20.7. The summed E-state index contributed by atoms with van der Waals surface area (Å²) < 4.78 is 6.40. The molecule has 28 heavy (non-hydrogen) atoms. The van der Waals surface area contributed by atoms with Crippen LogP contribution in [0.5, 0.6) is 5.75 Å². The minimum atomic E-state index is -0.402. The predicted octanol–water partition coefficient (Wildman–Crippen LogP) is 4.07. The first-order valence-corrected chi connectivity index (χ1v) is 9.89. The molecule has 0 saturated carbocycles.